The molecule has 0 spiro atoms. The van der Waals surface area contributed by atoms with E-state index in [1.165, 1.54) is 31.7 Å². The molecule has 9 nitrogen and oxygen atoms in total. The molecule has 1 unspecified atom stereocenters. The van der Waals surface area contributed by atoms with Crippen molar-refractivity contribution in [2.75, 3.05) is 32.4 Å². The van der Waals surface area contributed by atoms with E-state index in [9.17, 15) is 9.00 Å². The molecule has 176 valence electrons. The van der Waals surface area contributed by atoms with Crippen molar-refractivity contribution in [1.29, 1.82) is 0 Å². The van der Waals surface area contributed by atoms with E-state index in [1.807, 2.05) is 0 Å². The minimum Gasteiger partial charge on any atom is -0.493 e. The number of carbonyl (C=O) groups excluding carboxylic acids is 1. The predicted octanol–water partition coefficient (Wildman–Crippen LogP) is 4.81. The van der Waals surface area contributed by atoms with Crippen molar-refractivity contribution in [2.45, 2.75) is 31.3 Å². The minimum atomic E-state index is -2.92. The first kappa shape index (κ1) is 24.2. The van der Waals surface area contributed by atoms with Crippen molar-refractivity contribution >= 4 is 38.2 Å². The summed E-state index contributed by atoms with van der Waals surface area (Å²) in [6.07, 6.45) is 2.37. The molecular formula is C23H28N4O5S. The largest absolute Gasteiger partial charge is 0.493 e. The van der Waals surface area contributed by atoms with E-state index in [1.54, 1.807) is 64.2 Å². The monoisotopic (exact) mass is 472 g/mol. The Morgan fingerprint density at radius 1 is 1.06 bits per heavy atom. The van der Waals surface area contributed by atoms with Gasteiger partial charge in [0.25, 0.3) is 0 Å². The van der Waals surface area contributed by atoms with E-state index in [0.29, 0.717) is 33.0 Å². The highest BCUT2D eigenvalue weighted by Gasteiger charge is 2.21. The number of anilines is 1. The van der Waals surface area contributed by atoms with Crippen molar-refractivity contribution in [3.63, 3.8) is 0 Å². The Labute approximate surface area is 193 Å². The van der Waals surface area contributed by atoms with Crippen LogP contribution in [-0.4, -0.2) is 53.4 Å². The molecule has 0 aliphatic carbocycles. The average molecular weight is 473 g/mol. The van der Waals surface area contributed by atoms with Gasteiger partial charge in [0.1, 0.15) is 11.9 Å². The third-order valence-corrected chi connectivity index (χ3v) is 6.34. The molecule has 1 heterocycles. The summed E-state index contributed by atoms with van der Waals surface area (Å²) in [6.45, 7) is 5.39. The van der Waals surface area contributed by atoms with Crippen LogP contribution in [0.5, 0.6) is 11.5 Å². The Hall–Kier alpha value is -3.40. The van der Waals surface area contributed by atoms with Crippen molar-refractivity contribution in [3.8, 4) is 11.5 Å². The summed E-state index contributed by atoms with van der Waals surface area (Å²) in [5.74, 6) is 1.27. The van der Waals surface area contributed by atoms with Crippen molar-refractivity contribution in [2.24, 2.45) is 4.36 Å². The average Bonchev–Trinajstić information content (AvgIpc) is 2.76. The van der Waals surface area contributed by atoms with Gasteiger partial charge in [-0.25, -0.2) is 19.0 Å². The number of carbonyl (C=O) groups is 1. The molecule has 0 bridgehead atoms. The summed E-state index contributed by atoms with van der Waals surface area (Å²) in [7, 11) is 1.74. The fourth-order valence-corrected chi connectivity index (χ4v) is 4.27. The number of fused-ring (bicyclic) bond motifs is 1. The SMILES string of the molecule is COc1cc2ncnc(N=S(C)(=O)c3cccc(N(C)C(=O)OC(C)(C)C)c3)c2cc1OC. The number of ether oxygens (including phenoxy) is 3. The lowest BCUT2D eigenvalue weighted by molar-refractivity contribution is 0.0589. The maximum atomic E-state index is 13.6. The second-order valence-corrected chi connectivity index (χ2v) is 10.6. The molecule has 1 aromatic heterocycles. The Morgan fingerprint density at radius 2 is 1.73 bits per heavy atom. The van der Waals surface area contributed by atoms with E-state index in [0.717, 1.165) is 0 Å². The maximum Gasteiger partial charge on any atom is 0.414 e. The Morgan fingerprint density at radius 3 is 2.36 bits per heavy atom. The molecule has 0 fully saturated rings. The number of methoxy groups -OCH3 is 2. The molecular weight excluding hydrogens is 444 g/mol. The fourth-order valence-electron chi connectivity index (χ4n) is 3.02. The van der Waals surface area contributed by atoms with Crippen molar-refractivity contribution < 1.29 is 23.2 Å². The van der Waals surface area contributed by atoms with E-state index in [4.69, 9.17) is 14.2 Å². The minimum absolute atomic E-state index is 0.263. The molecule has 0 aliphatic heterocycles. The smallest absolute Gasteiger partial charge is 0.414 e. The number of hydrogen-bond acceptors (Lipinski definition) is 8. The van der Waals surface area contributed by atoms with Gasteiger partial charge in [-0.1, -0.05) is 6.07 Å². The van der Waals surface area contributed by atoms with Gasteiger partial charge in [0.2, 0.25) is 0 Å². The Balaban J connectivity index is 2.05. The van der Waals surface area contributed by atoms with Crippen LogP contribution in [0.3, 0.4) is 0 Å². The summed E-state index contributed by atoms with van der Waals surface area (Å²) in [6, 6.07) is 10.2. The fraction of sp³-hybridized carbons (Fsp3) is 0.348. The van der Waals surface area contributed by atoms with Gasteiger partial charge < -0.3 is 14.2 Å². The van der Waals surface area contributed by atoms with E-state index in [-0.39, 0.29) is 5.82 Å². The lowest BCUT2D eigenvalue weighted by Gasteiger charge is -2.25. The second kappa shape index (κ2) is 9.22. The molecule has 3 aromatic rings. The first-order valence-corrected chi connectivity index (χ1v) is 12.0. The summed E-state index contributed by atoms with van der Waals surface area (Å²) >= 11 is 0. The number of rotatable bonds is 5. The lowest BCUT2D eigenvalue weighted by Crippen LogP contribution is -2.34. The number of benzene rings is 2. The second-order valence-electron chi connectivity index (χ2n) is 8.35. The van der Waals surface area contributed by atoms with E-state index >= 15 is 0 Å². The summed E-state index contributed by atoms with van der Waals surface area (Å²) in [5, 5.41) is 0.576. The quantitative estimate of drug-likeness (QED) is 0.525. The molecule has 2 aromatic carbocycles. The van der Waals surface area contributed by atoms with E-state index in [2.05, 4.69) is 14.3 Å². The molecule has 10 heteroatoms. The first-order valence-electron chi connectivity index (χ1n) is 10.1. The maximum absolute atomic E-state index is 13.6. The van der Waals surface area contributed by atoms with Crippen molar-refractivity contribution in [3.05, 3.63) is 42.7 Å². The van der Waals surface area contributed by atoms with Gasteiger partial charge in [-0.15, -0.1) is 0 Å². The summed E-state index contributed by atoms with van der Waals surface area (Å²) in [5.41, 5.74) is 0.481. The number of amides is 1. The molecule has 3 rings (SSSR count). The van der Waals surface area contributed by atoms with Gasteiger partial charge in [-0.05, 0) is 45.0 Å². The van der Waals surface area contributed by atoms with Gasteiger partial charge in [0.05, 0.1) is 29.5 Å². The summed E-state index contributed by atoms with van der Waals surface area (Å²) in [4.78, 5) is 22.7. The number of aromatic nitrogens is 2. The van der Waals surface area contributed by atoms with Crippen LogP contribution in [0.2, 0.25) is 0 Å². The van der Waals surface area contributed by atoms with Crippen LogP contribution < -0.4 is 14.4 Å². The highest BCUT2D eigenvalue weighted by Crippen LogP contribution is 2.35. The van der Waals surface area contributed by atoms with Crippen LogP contribution in [0.25, 0.3) is 10.9 Å². The Kier molecular flexibility index (Phi) is 6.78. The van der Waals surface area contributed by atoms with Gasteiger partial charge >= 0.3 is 6.09 Å². The van der Waals surface area contributed by atoms with Crippen molar-refractivity contribution in [1.82, 2.24) is 9.97 Å². The van der Waals surface area contributed by atoms with Gasteiger partial charge in [-0.3, -0.25) is 4.90 Å². The molecule has 1 amide bonds. The van der Waals surface area contributed by atoms with Crippen LogP contribution in [0.4, 0.5) is 16.3 Å². The van der Waals surface area contributed by atoms with Crippen LogP contribution in [0.15, 0.2) is 52.0 Å². The normalized spacial score (nSPS) is 13.2. The molecule has 0 saturated carbocycles. The number of nitrogens with zero attached hydrogens (tertiary/aromatic N) is 4. The standard InChI is InChI=1S/C23H28N4O5S/c1-23(2,3)32-22(28)27(4)15-9-8-10-16(11-15)33(7,29)26-21-17-12-19(30-5)20(31-6)13-18(17)24-14-25-21/h8-14H,1-7H3. The van der Waals surface area contributed by atoms with Crippen LogP contribution in [0, 0.1) is 0 Å². The zero-order valence-electron chi connectivity index (χ0n) is 19.8. The third-order valence-electron chi connectivity index (χ3n) is 4.69. The zero-order valence-corrected chi connectivity index (χ0v) is 20.6. The third kappa shape index (κ3) is 5.51. The molecule has 33 heavy (non-hydrogen) atoms. The van der Waals surface area contributed by atoms with Gasteiger partial charge in [-0.2, -0.15) is 4.36 Å². The molecule has 0 aliphatic rings. The number of hydrogen-bond donors (Lipinski definition) is 0. The molecule has 1 atom stereocenters. The first-order chi connectivity index (χ1) is 15.4. The van der Waals surface area contributed by atoms with Gasteiger partial charge in [0, 0.05) is 35.3 Å². The zero-order chi connectivity index (χ0) is 24.4. The Bertz CT molecular complexity index is 1310. The topological polar surface area (TPSA) is 103 Å². The highest BCUT2D eigenvalue weighted by atomic mass is 32.2. The van der Waals surface area contributed by atoms with E-state index < -0.39 is 21.4 Å². The van der Waals surface area contributed by atoms with Crippen LogP contribution >= 0.6 is 0 Å². The van der Waals surface area contributed by atoms with Crippen LogP contribution in [0.1, 0.15) is 20.8 Å². The van der Waals surface area contributed by atoms with Crippen LogP contribution in [-0.2, 0) is 14.5 Å². The molecule has 0 radical (unpaired) electrons. The molecule has 0 saturated heterocycles. The predicted molar refractivity (Wildman–Crippen MR) is 128 cm³/mol. The lowest BCUT2D eigenvalue weighted by atomic mass is 10.2. The molecule has 0 N–H and O–H groups in total. The highest BCUT2D eigenvalue weighted by molar-refractivity contribution is 7.93. The van der Waals surface area contributed by atoms with Gasteiger partial charge in [0.15, 0.2) is 17.3 Å². The summed E-state index contributed by atoms with van der Waals surface area (Å²) < 4.78 is 34.2.